The number of para-hydroxylation sites is 1. The van der Waals surface area contributed by atoms with Gasteiger partial charge in [-0.25, -0.2) is 0 Å². The van der Waals surface area contributed by atoms with Gasteiger partial charge in [-0.05, 0) is 11.6 Å². The van der Waals surface area contributed by atoms with Crippen LogP contribution in [0.4, 0.5) is 11.4 Å². The van der Waals surface area contributed by atoms with Crippen LogP contribution in [-0.4, -0.2) is 39.2 Å². The molecule has 170 valence electrons. The van der Waals surface area contributed by atoms with Gasteiger partial charge in [-0.2, -0.15) is 0 Å². The summed E-state index contributed by atoms with van der Waals surface area (Å²) in [5.41, 5.74) is 1.83. The van der Waals surface area contributed by atoms with E-state index >= 15 is 0 Å². The van der Waals surface area contributed by atoms with E-state index < -0.39 is 16.4 Å². The van der Waals surface area contributed by atoms with Crippen molar-refractivity contribution < 1.29 is 14.5 Å². The number of nitro benzene ring substituents is 1. The molecule has 0 saturated carbocycles. The van der Waals surface area contributed by atoms with E-state index in [-0.39, 0.29) is 29.3 Å². The molecule has 7 nitrogen and oxygen atoms in total. The van der Waals surface area contributed by atoms with E-state index in [0.29, 0.717) is 11.4 Å². The van der Waals surface area contributed by atoms with Gasteiger partial charge in [-0.3, -0.25) is 24.6 Å². The van der Waals surface area contributed by atoms with Gasteiger partial charge in [0.15, 0.2) is 5.78 Å². The van der Waals surface area contributed by atoms with Crippen LogP contribution in [0.1, 0.15) is 27.4 Å². The lowest BCUT2D eigenvalue weighted by atomic mass is 9.69. The van der Waals surface area contributed by atoms with Crippen molar-refractivity contribution in [3.8, 4) is 0 Å². The number of nitrogens with one attached hydrogen (secondary N) is 1. The number of thioether (sulfide) groups is 1. The van der Waals surface area contributed by atoms with Gasteiger partial charge in [0.05, 0.1) is 10.8 Å². The second-order valence-corrected chi connectivity index (χ2v) is 9.89. The maximum absolute atomic E-state index is 14.2. The summed E-state index contributed by atoms with van der Waals surface area (Å²) in [5.74, 6) is 0.174. The Kier molecular flexibility index (Phi) is 4.82. The third kappa shape index (κ3) is 2.82. The van der Waals surface area contributed by atoms with E-state index in [0.717, 1.165) is 22.6 Å². The van der Waals surface area contributed by atoms with Crippen LogP contribution in [0, 0.1) is 16.0 Å². The minimum Gasteiger partial charge on any atom is -0.324 e. The third-order valence-corrected chi connectivity index (χ3v) is 8.40. The Balaban J connectivity index is 1.59. The minimum absolute atomic E-state index is 0.00371. The number of carbonyl (C=O) groups excluding carboxylic acids is 2. The van der Waals surface area contributed by atoms with Gasteiger partial charge in [0.1, 0.15) is 5.54 Å². The molecule has 1 spiro atoms. The van der Waals surface area contributed by atoms with Crippen molar-refractivity contribution in [1.82, 2.24) is 4.90 Å². The van der Waals surface area contributed by atoms with Crippen LogP contribution in [0.5, 0.6) is 0 Å². The minimum atomic E-state index is -1.13. The zero-order valence-corrected chi connectivity index (χ0v) is 18.9. The first-order valence-corrected chi connectivity index (χ1v) is 12.3. The molecule has 34 heavy (non-hydrogen) atoms. The molecule has 4 atom stereocenters. The molecule has 8 heteroatoms. The van der Waals surface area contributed by atoms with Gasteiger partial charge >= 0.3 is 0 Å². The molecule has 0 aromatic heterocycles. The Labute approximate surface area is 200 Å². The van der Waals surface area contributed by atoms with Crippen LogP contribution in [0.25, 0.3) is 0 Å². The van der Waals surface area contributed by atoms with E-state index in [9.17, 15) is 19.7 Å². The van der Waals surface area contributed by atoms with Gasteiger partial charge in [-0.1, -0.05) is 60.7 Å². The number of hydrogen-bond donors (Lipinski definition) is 1. The maximum Gasteiger partial charge on any atom is 0.269 e. The monoisotopic (exact) mass is 471 g/mol. The molecule has 3 aromatic rings. The van der Waals surface area contributed by atoms with Gasteiger partial charge < -0.3 is 5.32 Å². The van der Waals surface area contributed by atoms with Crippen LogP contribution in [0.2, 0.25) is 0 Å². The number of carbonyl (C=O) groups is 2. The zero-order chi connectivity index (χ0) is 23.4. The topological polar surface area (TPSA) is 92.5 Å². The van der Waals surface area contributed by atoms with Gasteiger partial charge in [0.25, 0.3) is 5.69 Å². The van der Waals surface area contributed by atoms with E-state index in [1.807, 2.05) is 42.5 Å². The molecule has 3 aromatic carbocycles. The number of rotatable bonds is 4. The smallest absolute Gasteiger partial charge is 0.269 e. The summed E-state index contributed by atoms with van der Waals surface area (Å²) in [7, 11) is 0. The summed E-state index contributed by atoms with van der Waals surface area (Å²) < 4.78 is 0. The number of anilines is 1. The first kappa shape index (κ1) is 21.1. The van der Waals surface area contributed by atoms with E-state index in [4.69, 9.17) is 0 Å². The van der Waals surface area contributed by atoms with E-state index in [1.54, 1.807) is 36.0 Å². The van der Waals surface area contributed by atoms with Gasteiger partial charge in [0, 0.05) is 52.5 Å². The molecule has 0 aliphatic carbocycles. The number of benzene rings is 3. The number of amides is 1. The first-order chi connectivity index (χ1) is 16.5. The SMILES string of the molecule is O=C(c1ccccc1)[C@H]1[C@H](c2ccc([N+](=O)[O-])cc2)[C@@H]2CSCN2[C@@]12C(=O)Nc1ccccc12. The van der Waals surface area contributed by atoms with Crippen molar-refractivity contribution in [1.29, 1.82) is 0 Å². The fourth-order valence-electron chi connectivity index (χ4n) is 6.01. The Morgan fingerprint density at radius 2 is 1.74 bits per heavy atom. The highest BCUT2D eigenvalue weighted by Crippen LogP contribution is 2.61. The maximum atomic E-state index is 14.2. The fraction of sp³-hybridized carbons (Fsp3) is 0.231. The predicted molar refractivity (Wildman–Crippen MR) is 130 cm³/mol. The molecule has 3 aliphatic rings. The molecule has 3 aliphatic heterocycles. The van der Waals surface area contributed by atoms with Crippen LogP contribution in [0.15, 0.2) is 78.9 Å². The molecule has 1 amide bonds. The number of hydrogen-bond acceptors (Lipinski definition) is 6. The summed E-state index contributed by atoms with van der Waals surface area (Å²) >= 11 is 1.75. The number of Topliss-reactive ketones (excluding diaryl/α,β-unsaturated/α-hetero) is 1. The average molecular weight is 472 g/mol. The summed E-state index contributed by atoms with van der Waals surface area (Å²) in [5, 5.41) is 14.3. The van der Waals surface area contributed by atoms with Crippen LogP contribution in [-0.2, 0) is 10.3 Å². The average Bonchev–Trinajstić information content (AvgIpc) is 3.52. The molecule has 2 fully saturated rings. The Hall–Kier alpha value is -3.49. The molecular weight excluding hydrogens is 450 g/mol. The zero-order valence-electron chi connectivity index (χ0n) is 18.1. The molecule has 0 radical (unpaired) electrons. The van der Waals surface area contributed by atoms with Crippen LogP contribution >= 0.6 is 11.8 Å². The second kappa shape index (κ2) is 7.78. The van der Waals surface area contributed by atoms with Crippen molar-refractivity contribution in [3.05, 3.63) is 106 Å². The largest absolute Gasteiger partial charge is 0.324 e. The van der Waals surface area contributed by atoms with E-state index in [1.165, 1.54) is 12.1 Å². The summed E-state index contributed by atoms with van der Waals surface area (Å²) in [6, 6.07) is 23.1. The normalized spacial score (nSPS) is 27.4. The molecule has 2 saturated heterocycles. The molecule has 0 bridgehead atoms. The number of nitro groups is 1. The lowest BCUT2D eigenvalue weighted by molar-refractivity contribution is -0.384. The second-order valence-electron chi connectivity index (χ2n) is 8.89. The number of ketones is 1. The highest BCUT2D eigenvalue weighted by molar-refractivity contribution is 7.99. The van der Waals surface area contributed by atoms with Crippen molar-refractivity contribution in [2.24, 2.45) is 5.92 Å². The molecular formula is C26H21N3O4S. The van der Waals surface area contributed by atoms with Crippen molar-refractivity contribution in [2.45, 2.75) is 17.5 Å². The summed E-state index contributed by atoms with van der Waals surface area (Å²) in [6.45, 7) is 0. The van der Waals surface area contributed by atoms with E-state index in [2.05, 4.69) is 10.2 Å². The van der Waals surface area contributed by atoms with Crippen molar-refractivity contribution in [3.63, 3.8) is 0 Å². The summed E-state index contributed by atoms with van der Waals surface area (Å²) in [4.78, 5) is 41.1. The highest BCUT2D eigenvalue weighted by atomic mass is 32.2. The standard InChI is InChI=1S/C26H21N3O4S/c30-24(17-6-2-1-3-7-17)23-22(16-10-12-18(13-11-16)29(32)33)21-14-34-15-28(21)26(23)19-8-4-5-9-20(19)27-25(26)31/h1-13,21-23H,14-15H2,(H,27,31)/t21-,22+,23+,26+/m0/s1. The number of nitrogens with zero attached hydrogens (tertiary/aromatic N) is 2. The molecule has 6 rings (SSSR count). The summed E-state index contributed by atoms with van der Waals surface area (Å²) in [6.07, 6.45) is 0. The van der Waals surface area contributed by atoms with Crippen molar-refractivity contribution in [2.75, 3.05) is 16.9 Å². The quantitative estimate of drug-likeness (QED) is 0.344. The first-order valence-electron chi connectivity index (χ1n) is 11.1. The number of fused-ring (bicyclic) bond motifs is 4. The molecule has 1 N–H and O–H groups in total. The fourth-order valence-corrected chi connectivity index (χ4v) is 7.33. The Morgan fingerprint density at radius 3 is 2.47 bits per heavy atom. The predicted octanol–water partition coefficient (Wildman–Crippen LogP) is 4.41. The Bertz CT molecular complexity index is 1310. The lowest BCUT2D eigenvalue weighted by Crippen LogP contribution is -2.52. The molecule has 0 unspecified atom stereocenters. The Morgan fingerprint density at radius 1 is 1.03 bits per heavy atom. The van der Waals surface area contributed by atoms with Gasteiger partial charge in [0.2, 0.25) is 5.91 Å². The molecule has 3 heterocycles. The van der Waals surface area contributed by atoms with Crippen molar-refractivity contribution >= 4 is 34.8 Å². The van der Waals surface area contributed by atoms with Gasteiger partial charge in [-0.15, -0.1) is 11.8 Å². The third-order valence-electron chi connectivity index (χ3n) is 7.36. The highest BCUT2D eigenvalue weighted by Gasteiger charge is 2.69. The van der Waals surface area contributed by atoms with Crippen LogP contribution in [0.3, 0.4) is 0 Å². The lowest BCUT2D eigenvalue weighted by Gasteiger charge is -2.36. The number of non-ortho nitro benzene ring substituents is 1. The van der Waals surface area contributed by atoms with Crippen LogP contribution < -0.4 is 5.32 Å².